The molecule has 0 spiro atoms. The van der Waals surface area contributed by atoms with Crippen molar-refractivity contribution >= 4 is 36.6 Å². The van der Waals surface area contributed by atoms with E-state index in [9.17, 15) is 4.39 Å². The smallest absolute Gasteiger partial charge is 0.269 e. The highest BCUT2D eigenvalue weighted by Gasteiger charge is 2.25. The van der Waals surface area contributed by atoms with Crippen LogP contribution in [0.2, 0.25) is 0 Å². The predicted octanol–water partition coefficient (Wildman–Crippen LogP) is 4.80. The highest BCUT2D eigenvalue weighted by atomic mass is 32.1. The van der Waals surface area contributed by atoms with E-state index in [4.69, 9.17) is 6.57 Å². The molecule has 28 heavy (non-hydrogen) atoms. The zero-order valence-electron chi connectivity index (χ0n) is 15.2. The topological polar surface area (TPSA) is 82.9 Å². The average Bonchev–Trinajstić information content (AvgIpc) is 3.42. The van der Waals surface area contributed by atoms with Crippen LogP contribution in [0, 0.1) is 12.4 Å². The number of anilines is 3. The Kier molecular flexibility index (Phi) is 5.80. The molecule has 3 N–H and O–H groups in total. The fourth-order valence-electron chi connectivity index (χ4n) is 2.85. The summed E-state index contributed by atoms with van der Waals surface area (Å²) in [6, 6.07) is 8.01. The van der Waals surface area contributed by atoms with Crippen LogP contribution in [-0.4, -0.2) is 20.2 Å². The van der Waals surface area contributed by atoms with E-state index in [-0.39, 0.29) is 31.0 Å². The number of rotatable bonds is 6. The van der Waals surface area contributed by atoms with Crippen LogP contribution in [0.3, 0.4) is 0 Å². The molecule has 3 aromatic rings. The molecule has 1 aliphatic carbocycles. The van der Waals surface area contributed by atoms with Gasteiger partial charge in [-0.3, -0.25) is 5.10 Å². The first-order valence-corrected chi connectivity index (χ1v) is 8.71. The van der Waals surface area contributed by atoms with Crippen molar-refractivity contribution in [3.8, 4) is 0 Å². The zero-order chi connectivity index (χ0) is 18.8. The molecule has 1 aliphatic rings. The maximum atomic E-state index is 13.1. The van der Waals surface area contributed by atoms with E-state index in [0.717, 1.165) is 11.3 Å². The van der Waals surface area contributed by atoms with Crippen molar-refractivity contribution in [1.82, 2.24) is 20.2 Å². The van der Waals surface area contributed by atoms with Gasteiger partial charge in [0.15, 0.2) is 5.82 Å². The second-order valence-corrected chi connectivity index (χ2v) is 6.56. The molecular weight excluding hydrogens is 377 g/mol. The van der Waals surface area contributed by atoms with Crippen LogP contribution in [-0.2, 0) is 0 Å². The second kappa shape index (κ2) is 8.27. The molecule has 0 radical (unpaired) electrons. The minimum absolute atomic E-state index is 0. The molecule has 1 saturated carbocycles. The van der Waals surface area contributed by atoms with Crippen LogP contribution >= 0.6 is 13.5 Å². The van der Waals surface area contributed by atoms with Gasteiger partial charge in [0, 0.05) is 23.7 Å². The summed E-state index contributed by atoms with van der Waals surface area (Å²) < 4.78 is 13.1. The van der Waals surface area contributed by atoms with E-state index in [1.54, 1.807) is 12.1 Å². The number of benzene rings is 1. The lowest BCUT2D eigenvalue weighted by molar-refractivity contribution is 0.626. The van der Waals surface area contributed by atoms with Gasteiger partial charge in [0.2, 0.25) is 0 Å². The Hall–Kier alpha value is -3.12. The molecule has 0 unspecified atom stereocenters. The van der Waals surface area contributed by atoms with Gasteiger partial charge >= 0.3 is 0 Å². The Morgan fingerprint density at radius 1 is 1.21 bits per heavy atom. The Morgan fingerprint density at radius 3 is 2.61 bits per heavy atom. The number of hydrogen-bond donors (Lipinski definition) is 3. The molecule has 9 heteroatoms. The first kappa shape index (κ1) is 19.6. The molecule has 4 rings (SSSR count). The maximum absolute atomic E-state index is 13.1. The highest BCUT2D eigenvalue weighted by molar-refractivity contribution is 7.59. The molecule has 2 heterocycles. The molecule has 0 saturated heterocycles. The number of aromatic nitrogens is 4. The van der Waals surface area contributed by atoms with Gasteiger partial charge in [0.1, 0.15) is 23.8 Å². The molecule has 1 fully saturated rings. The lowest BCUT2D eigenvalue weighted by Gasteiger charge is -2.17. The maximum Gasteiger partial charge on any atom is 0.269 e. The van der Waals surface area contributed by atoms with Crippen molar-refractivity contribution in [3.05, 3.63) is 65.2 Å². The predicted molar refractivity (Wildman–Crippen MR) is 111 cm³/mol. The van der Waals surface area contributed by atoms with E-state index < -0.39 is 0 Å². The SMILES string of the molecule is S.[C-]#[N+]c1c(Nc2cc(C3CC3)[nH]n2)ncnc1N[C@@H](C)c1ccc(F)cc1. The third-order valence-electron chi connectivity index (χ3n) is 4.52. The molecule has 0 bridgehead atoms. The number of nitrogens with one attached hydrogen (secondary N) is 3. The third-order valence-corrected chi connectivity index (χ3v) is 4.52. The molecule has 0 aliphatic heterocycles. The quantitative estimate of drug-likeness (QED) is 0.521. The Balaban J connectivity index is 0.00000225. The van der Waals surface area contributed by atoms with E-state index in [2.05, 4.69) is 35.6 Å². The number of H-pyrrole nitrogens is 1. The summed E-state index contributed by atoms with van der Waals surface area (Å²) in [4.78, 5) is 12.0. The van der Waals surface area contributed by atoms with Gasteiger partial charge in [0.25, 0.3) is 5.69 Å². The minimum atomic E-state index is -0.286. The van der Waals surface area contributed by atoms with E-state index in [1.807, 2.05) is 13.0 Å². The normalized spacial score (nSPS) is 13.9. The molecule has 1 atom stereocenters. The first-order chi connectivity index (χ1) is 13.1. The Labute approximate surface area is 169 Å². The van der Waals surface area contributed by atoms with Crippen molar-refractivity contribution < 1.29 is 4.39 Å². The van der Waals surface area contributed by atoms with Crippen LogP contribution in [0.1, 0.15) is 43.0 Å². The van der Waals surface area contributed by atoms with Gasteiger partial charge in [-0.25, -0.2) is 19.2 Å². The van der Waals surface area contributed by atoms with Gasteiger partial charge in [-0.15, -0.1) is 0 Å². The lowest BCUT2D eigenvalue weighted by Crippen LogP contribution is -2.09. The van der Waals surface area contributed by atoms with Gasteiger partial charge in [-0.05, 0) is 37.5 Å². The first-order valence-electron chi connectivity index (χ1n) is 8.71. The standard InChI is InChI=1S/C19H18FN7.H2S/c1-11(12-5-7-14(20)8-6-12)24-18-17(21-2)19(23-10-22-18)25-16-9-15(26-27-16)13-3-4-13;/h5-11,13H,3-4H2,1H3,(H3,22,23,24,25,26,27);1H2/t11-;/m0./s1. The minimum Gasteiger partial charge on any atom is -0.372 e. The van der Waals surface area contributed by atoms with Gasteiger partial charge in [-0.2, -0.15) is 18.6 Å². The Bertz CT molecular complexity index is 992. The molecule has 144 valence electrons. The summed E-state index contributed by atoms with van der Waals surface area (Å²) in [5.74, 6) is 1.71. The number of hydrogen-bond acceptors (Lipinski definition) is 5. The third kappa shape index (κ3) is 4.23. The van der Waals surface area contributed by atoms with E-state index in [1.165, 1.54) is 31.3 Å². The van der Waals surface area contributed by atoms with E-state index >= 15 is 0 Å². The number of nitrogens with zero attached hydrogens (tertiary/aromatic N) is 4. The number of aromatic amines is 1. The zero-order valence-corrected chi connectivity index (χ0v) is 16.2. The van der Waals surface area contributed by atoms with Gasteiger partial charge in [0.05, 0.1) is 6.57 Å². The van der Waals surface area contributed by atoms with Crippen LogP contribution in [0.4, 0.5) is 27.5 Å². The Morgan fingerprint density at radius 2 is 1.93 bits per heavy atom. The second-order valence-electron chi connectivity index (χ2n) is 6.56. The molecule has 1 aromatic carbocycles. The van der Waals surface area contributed by atoms with Gasteiger partial charge < -0.3 is 10.6 Å². The molecule has 0 amide bonds. The fourth-order valence-corrected chi connectivity index (χ4v) is 2.85. The van der Waals surface area contributed by atoms with Crippen molar-refractivity contribution in [3.63, 3.8) is 0 Å². The summed E-state index contributed by atoms with van der Waals surface area (Å²) in [5, 5.41) is 13.5. The van der Waals surface area contributed by atoms with Crippen molar-refractivity contribution in [2.45, 2.75) is 31.7 Å². The molecular formula is C19H20FN7S. The van der Waals surface area contributed by atoms with Crippen LogP contribution in [0.25, 0.3) is 4.85 Å². The molecule has 2 aromatic heterocycles. The van der Waals surface area contributed by atoms with Crippen LogP contribution in [0.5, 0.6) is 0 Å². The van der Waals surface area contributed by atoms with Crippen LogP contribution in [0.15, 0.2) is 36.7 Å². The summed E-state index contributed by atoms with van der Waals surface area (Å²) in [6.45, 7) is 9.46. The number of halogens is 1. The largest absolute Gasteiger partial charge is 0.372 e. The molecule has 7 nitrogen and oxygen atoms in total. The average molecular weight is 397 g/mol. The van der Waals surface area contributed by atoms with Crippen molar-refractivity contribution in [2.24, 2.45) is 0 Å². The monoisotopic (exact) mass is 397 g/mol. The van der Waals surface area contributed by atoms with Crippen molar-refractivity contribution in [2.75, 3.05) is 10.6 Å². The van der Waals surface area contributed by atoms with Crippen LogP contribution < -0.4 is 10.6 Å². The highest BCUT2D eigenvalue weighted by Crippen LogP contribution is 2.40. The summed E-state index contributed by atoms with van der Waals surface area (Å²) >= 11 is 0. The summed E-state index contributed by atoms with van der Waals surface area (Å²) in [6.07, 6.45) is 3.75. The fraction of sp³-hybridized carbons (Fsp3) is 0.263. The van der Waals surface area contributed by atoms with Crippen molar-refractivity contribution in [1.29, 1.82) is 0 Å². The summed E-state index contributed by atoms with van der Waals surface area (Å²) in [7, 11) is 0. The van der Waals surface area contributed by atoms with Gasteiger partial charge in [-0.1, -0.05) is 12.1 Å². The van der Waals surface area contributed by atoms with E-state index in [0.29, 0.717) is 23.4 Å². The summed E-state index contributed by atoms with van der Waals surface area (Å²) in [5.41, 5.74) is 2.27. The lowest BCUT2D eigenvalue weighted by atomic mass is 10.1.